The van der Waals surface area contributed by atoms with Gasteiger partial charge >= 0.3 is 6.09 Å². The molecule has 3 nitrogen and oxygen atoms in total. The summed E-state index contributed by atoms with van der Waals surface area (Å²) in [5.74, 6) is 1.04. The number of anilines is 1. The summed E-state index contributed by atoms with van der Waals surface area (Å²) in [5, 5.41) is 2.76. The fraction of sp³-hybridized carbons (Fsp3) is 0.562. The standard InChI is InChI=1S/C16H25NO2/c1-12(2)10-15(11-13(3)4)19-16(18)17-14-8-6-5-7-9-14/h5-9,12-13,15H,10-11H2,1-4H3,(H,17,18). The molecule has 1 N–H and O–H groups in total. The molecule has 0 aromatic heterocycles. The number of hydrogen-bond donors (Lipinski definition) is 1. The van der Waals surface area contributed by atoms with Crippen LogP contribution < -0.4 is 5.32 Å². The maximum absolute atomic E-state index is 11.9. The average molecular weight is 263 g/mol. The molecule has 0 aliphatic rings. The molecule has 106 valence electrons. The van der Waals surface area contributed by atoms with Gasteiger partial charge in [0, 0.05) is 5.69 Å². The molecule has 1 amide bonds. The average Bonchev–Trinajstić information content (AvgIpc) is 2.27. The molecule has 0 spiro atoms. The van der Waals surface area contributed by atoms with E-state index in [-0.39, 0.29) is 12.2 Å². The van der Waals surface area contributed by atoms with Gasteiger partial charge in [0.25, 0.3) is 0 Å². The summed E-state index contributed by atoms with van der Waals surface area (Å²) in [6.45, 7) is 8.58. The molecule has 19 heavy (non-hydrogen) atoms. The number of carbonyl (C=O) groups is 1. The Morgan fingerprint density at radius 3 is 2.05 bits per heavy atom. The second kappa shape index (κ2) is 7.82. The lowest BCUT2D eigenvalue weighted by atomic mass is 9.98. The minimum absolute atomic E-state index is 0.0105. The molecule has 0 saturated carbocycles. The van der Waals surface area contributed by atoms with Gasteiger partial charge in [-0.05, 0) is 36.8 Å². The second-order valence-electron chi connectivity index (χ2n) is 5.78. The van der Waals surface area contributed by atoms with Crippen LogP contribution in [-0.4, -0.2) is 12.2 Å². The molecule has 0 aliphatic heterocycles. The Morgan fingerprint density at radius 2 is 1.58 bits per heavy atom. The van der Waals surface area contributed by atoms with Crippen molar-refractivity contribution in [2.24, 2.45) is 11.8 Å². The molecule has 1 aromatic rings. The van der Waals surface area contributed by atoms with E-state index in [1.54, 1.807) is 0 Å². The maximum Gasteiger partial charge on any atom is 0.411 e. The summed E-state index contributed by atoms with van der Waals surface area (Å²) in [6.07, 6.45) is 1.43. The second-order valence-corrected chi connectivity index (χ2v) is 5.78. The Morgan fingerprint density at radius 1 is 1.05 bits per heavy atom. The smallest absolute Gasteiger partial charge is 0.411 e. The molecule has 0 fully saturated rings. The molecule has 0 atom stereocenters. The predicted molar refractivity (Wildman–Crippen MR) is 79.2 cm³/mol. The van der Waals surface area contributed by atoms with Crippen LogP contribution in [0.25, 0.3) is 0 Å². The minimum Gasteiger partial charge on any atom is -0.446 e. The largest absolute Gasteiger partial charge is 0.446 e. The third kappa shape index (κ3) is 6.85. The van der Waals surface area contributed by atoms with Gasteiger partial charge in [-0.1, -0.05) is 45.9 Å². The van der Waals surface area contributed by atoms with Crippen molar-refractivity contribution in [3.8, 4) is 0 Å². The van der Waals surface area contributed by atoms with Crippen LogP contribution in [0.4, 0.5) is 10.5 Å². The van der Waals surface area contributed by atoms with Crippen LogP contribution in [-0.2, 0) is 4.74 Å². The first-order chi connectivity index (χ1) is 8.97. The Balaban J connectivity index is 2.50. The molecule has 0 heterocycles. The summed E-state index contributed by atoms with van der Waals surface area (Å²) >= 11 is 0. The van der Waals surface area contributed by atoms with Crippen molar-refractivity contribution in [2.75, 3.05) is 5.32 Å². The maximum atomic E-state index is 11.9. The number of hydrogen-bond acceptors (Lipinski definition) is 2. The molecule has 0 unspecified atom stereocenters. The van der Waals surface area contributed by atoms with Crippen LogP contribution in [0.15, 0.2) is 30.3 Å². The van der Waals surface area contributed by atoms with Gasteiger partial charge in [-0.15, -0.1) is 0 Å². The number of nitrogens with one attached hydrogen (secondary N) is 1. The topological polar surface area (TPSA) is 38.3 Å². The molecular formula is C16H25NO2. The first-order valence-corrected chi connectivity index (χ1v) is 7.00. The molecule has 0 bridgehead atoms. The fourth-order valence-corrected chi connectivity index (χ4v) is 2.06. The fourth-order valence-electron chi connectivity index (χ4n) is 2.06. The van der Waals surface area contributed by atoms with Gasteiger partial charge in [0.15, 0.2) is 0 Å². The van der Waals surface area contributed by atoms with Crippen LogP contribution in [0.5, 0.6) is 0 Å². The van der Waals surface area contributed by atoms with E-state index in [1.165, 1.54) is 0 Å². The summed E-state index contributed by atoms with van der Waals surface area (Å²) in [7, 11) is 0. The Bertz CT molecular complexity index is 364. The van der Waals surface area contributed by atoms with Crippen molar-refractivity contribution in [3.05, 3.63) is 30.3 Å². The quantitative estimate of drug-likeness (QED) is 0.808. The summed E-state index contributed by atoms with van der Waals surface area (Å²) in [6, 6.07) is 9.38. The van der Waals surface area contributed by atoms with E-state index in [0.29, 0.717) is 11.8 Å². The Labute approximate surface area is 116 Å². The van der Waals surface area contributed by atoms with E-state index in [0.717, 1.165) is 18.5 Å². The van der Waals surface area contributed by atoms with Crippen LogP contribution in [0.1, 0.15) is 40.5 Å². The highest BCUT2D eigenvalue weighted by Crippen LogP contribution is 2.17. The van der Waals surface area contributed by atoms with Crippen molar-refractivity contribution in [1.29, 1.82) is 0 Å². The van der Waals surface area contributed by atoms with Gasteiger partial charge in [-0.3, -0.25) is 5.32 Å². The minimum atomic E-state index is -0.363. The number of ether oxygens (including phenoxy) is 1. The zero-order valence-corrected chi connectivity index (χ0v) is 12.3. The highest BCUT2D eigenvalue weighted by Gasteiger charge is 2.17. The number of amides is 1. The Kier molecular flexibility index (Phi) is 6.40. The molecule has 1 rings (SSSR count). The molecule has 3 heteroatoms. The van der Waals surface area contributed by atoms with Gasteiger partial charge in [0.2, 0.25) is 0 Å². The van der Waals surface area contributed by atoms with E-state index < -0.39 is 0 Å². The van der Waals surface area contributed by atoms with Crippen molar-refractivity contribution in [2.45, 2.75) is 46.6 Å². The SMILES string of the molecule is CC(C)CC(CC(C)C)OC(=O)Nc1ccccc1. The monoisotopic (exact) mass is 263 g/mol. The summed E-state index contributed by atoms with van der Waals surface area (Å²) in [4.78, 5) is 11.9. The van der Waals surface area contributed by atoms with Gasteiger partial charge < -0.3 is 4.74 Å². The van der Waals surface area contributed by atoms with Crippen LogP contribution in [0.3, 0.4) is 0 Å². The first kappa shape index (κ1) is 15.5. The summed E-state index contributed by atoms with van der Waals surface area (Å²) in [5.41, 5.74) is 0.764. The molecule has 0 radical (unpaired) electrons. The van der Waals surface area contributed by atoms with E-state index >= 15 is 0 Å². The number of benzene rings is 1. The van der Waals surface area contributed by atoms with Gasteiger partial charge in [0.05, 0.1) is 0 Å². The van der Waals surface area contributed by atoms with Crippen molar-refractivity contribution in [3.63, 3.8) is 0 Å². The Hall–Kier alpha value is -1.51. The molecule has 1 aromatic carbocycles. The molecule has 0 aliphatic carbocycles. The molecule has 0 saturated heterocycles. The lowest BCUT2D eigenvalue weighted by Crippen LogP contribution is -2.25. The van der Waals surface area contributed by atoms with E-state index in [4.69, 9.17) is 4.74 Å². The number of rotatable bonds is 6. The van der Waals surface area contributed by atoms with Crippen LogP contribution in [0.2, 0.25) is 0 Å². The number of carbonyl (C=O) groups excluding carboxylic acids is 1. The normalized spacial score (nSPS) is 11.1. The van der Waals surface area contributed by atoms with E-state index in [9.17, 15) is 4.79 Å². The van der Waals surface area contributed by atoms with Crippen LogP contribution in [0, 0.1) is 11.8 Å². The van der Waals surface area contributed by atoms with Crippen molar-refractivity contribution in [1.82, 2.24) is 0 Å². The lowest BCUT2D eigenvalue weighted by molar-refractivity contribution is 0.0837. The third-order valence-electron chi connectivity index (χ3n) is 2.76. The first-order valence-electron chi connectivity index (χ1n) is 7.00. The number of para-hydroxylation sites is 1. The summed E-state index contributed by atoms with van der Waals surface area (Å²) < 4.78 is 5.53. The predicted octanol–water partition coefficient (Wildman–Crippen LogP) is 4.70. The molecular weight excluding hydrogens is 238 g/mol. The van der Waals surface area contributed by atoms with Gasteiger partial charge in [0.1, 0.15) is 6.10 Å². The van der Waals surface area contributed by atoms with E-state index in [2.05, 4.69) is 33.0 Å². The van der Waals surface area contributed by atoms with Crippen LogP contribution >= 0.6 is 0 Å². The van der Waals surface area contributed by atoms with Gasteiger partial charge in [-0.2, -0.15) is 0 Å². The third-order valence-corrected chi connectivity index (χ3v) is 2.76. The highest BCUT2D eigenvalue weighted by molar-refractivity contribution is 5.84. The van der Waals surface area contributed by atoms with Gasteiger partial charge in [-0.25, -0.2) is 4.79 Å². The lowest BCUT2D eigenvalue weighted by Gasteiger charge is -2.21. The zero-order valence-electron chi connectivity index (χ0n) is 12.3. The van der Waals surface area contributed by atoms with Crippen molar-refractivity contribution < 1.29 is 9.53 Å². The zero-order chi connectivity index (χ0) is 14.3. The highest BCUT2D eigenvalue weighted by atomic mass is 16.6. The van der Waals surface area contributed by atoms with Crippen molar-refractivity contribution >= 4 is 11.8 Å². The van der Waals surface area contributed by atoms with E-state index in [1.807, 2.05) is 30.3 Å².